The molecule has 0 spiro atoms. The number of nitrogens with two attached hydrogens (primary N) is 1. The SMILES string of the molecule is CC(O)(CN)CCF. The van der Waals surface area contributed by atoms with Gasteiger partial charge < -0.3 is 10.8 Å². The second-order valence-electron chi connectivity index (χ2n) is 2.14. The van der Waals surface area contributed by atoms with Gasteiger partial charge in [0.05, 0.1) is 12.3 Å². The standard InChI is InChI=1S/C5H12FNO/c1-5(8,4-7)2-3-6/h8H,2-4,7H2,1H3. The lowest BCUT2D eigenvalue weighted by atomic mass is 10.0. The highest BCUT2D eigenvalue weighted by atomic mass is 19.1. The first-order valence-corrected chi connectivity index (χ1v) is 2.61. The van der Waals surface area contributed by atoms with Gasteiger partial charge in [-0.15, -0.1) is 0 Å². The molecule has 1 unspecified atom stereocenters. The van der Waals surface area contributed by atoms with Crippen LogP contribution in [0.15, 0.2) is 0 Å². The molecule has 0 aromatic heterocycles. The van der Waals surface area contributed by atoms with Crippen LogP contribution in [0.4, 0.5) is 4.39 Å². The topological polar surface area (TPSA) is 46.2 Å². The number of hydrogen-bond acceptors (Lipinski definition) is 2. The van der Waals surface area contributed by atoms with Crippen LogP contribution < -0.4 is 5.73 Å². The van der Waals surface area contributed by atoms with Crippen molar-refractivity contribution in [2.24, 2.45) is 5.73 Å². The van der Waals surface area contributed by atoms with Crippen molar-refractivity contribution in [2.45, 2.75) is 18.9 Å². The first-order chi connectivity index (χ1) is 3.62. The Labute approximate surface area is 48.5 Å². The van der Waals surface area contributed by atoms with Crippen LogP contribution in [0.25, 0.3) is 0 Å². The zero-order chi connectivity index (χ0) is 6.62. The van der Waals surface area contributed by atoms with Crippen molar-refractivity contribution in [1.82, 2.24) is 0 Å². The second kappa shape index (κ2) is 2.99. The van der Waals surface area contributed by atoms with Gasteiger partial charge in [0.15, 0.2) is 0 Å². The average molecular weight is 121 g/mol. The van der Waals surface area contributed by atoms with Gasteiger partial charge in [-0.2, -0.15) is 0 Å². The number of halogens is 1. The molecule has 0 saturated heterocycles. The number of alkyl halides is 1. The first kappa shape index (κ1) is 7.85. The molecule has 0 aliphatic heterocycles. The maximum Gasteiger partial charge on any atom is 0.0922 e. The fourth-order valence-electron chi connectivity index (χ4n) is 0.306. The summed E-state index contributed by atoms with van der Waals surface area (Å²) in [6.45, 7) is 1.13. The van der Waals surface area contributed by atoms with Gasteiger partial charge in [0, 0.05) is 13.0 Å². The Morgan fingerprint density at radius 3 is 2.38 bits per heavy atom. The fraction of sp³-hybridized carbons (Fsp3) is 1.00. The minimum absolute atomic E-state index is 0.122. The van der Waals surface area contributed by atoms with Gasteiger partial charge in [0.25, 0.3) is 0 Å². The van der Waals surface area contributed by atoms with Crippen LogP contribution in [0.3, 0.4) is 0 Å². The molecule has 1 atom stereocenters. The predicted octanol–water partition coefficient (Wildman–Crippen LogP) is 0.0557. The zero-order valence-corrected chi connectivity index (χ0v) is 5.02. The monoisotopic (exact) mass is 121 g/mol. The van der Waals surface area contributed by atoms with E-state index in [1.165, 1.54) is 6.92 Å². The molecule has 8 heavy (non-hydrogen) atoms. The molecule has 0 amide bonds. The molecule has 0 fully saturated rings. The molecule has 0 bridgehead atoms. The second-order valence-corrected chi connectivity index (χ2v) is 2.14. The summed E-state index contributed by atoms with van der Waals surface area (Å²) in [4.78, 5) is 0. The molecule has 0 aliphatic rings. The zero-order valence-electron chi connectivity index (χ0n) is 5.02. The van der Waals surface area contributed by atoms with Crippen molar-refractivity contribution in [3.8, 4) is 0 Å². The molecule has 0 radical (unpaired) electrons. The summed E-state index contributed by atoms with van der Waals surface area (Å²) in [5.74, 6) is 0. The van der Waals surface area contributed by atoms with E-state index in [1.807, 2.05) is 0 Å². The minimum Gasteiger partial charge on any atom is -0.389 e. The molecular weight excluding hydrogens is 109 g/mol. The summed E-state index contributed by atoms with van der Waals surface area (Å²) in [6, 6.07) is 0. The molecule has 3 heteroatoms. The third kappa shape index (κ3) is 2.93. The van der Waals surface area contributed by atoms with Crippen LogP contribution >= 0.6 is 0 Å². The Hall–Kier alpha value is -0.150. The summed E-state index contributed by atoms with van der Waals surface area (Å²) in [5, 5.41) is 8.96. The third-order valence-electron chi connectivity index (χ3n) is 1.07. The maximum atomic E-state index is 11.5. The van der Waals surface area contributed by atoms with Crippen LogP contribution in [0.2, 0.25) is 0 Å². The molecule has 0 aliphatic carbocycles. The van der Waals surface area contributed by atoms with Crippen molar-refractivity contribution in [1.29, 1.82) is 0 Å². The molecule has 0 aromatic carbocycles. The van der Waals surface area contributed by atoms with Crippen LogP contribution in [0.1, 0.15) is 13.3 Å². The highest BCUT2D eigenvalue weighted by Crippen LogP contribution is 2.05. The van der Waals surface area contributed by atoms with Crippen LogP contribution in [-0.2, 0) is 0 Å². The van der Waals surface area contributed by atoms with Crippen molar-refractivity contribution in [3.05, 3.63) is 0 Å². The van der Waals surface area contributed by atoms with Crippen molar-refractivity contribution in [2.75, 3.05) is 13.2 Å². The first-order valence-electron chi connectivity index (χ1n) is 2.61. The van der Waals surface area contributed by atoms with E-state index in [0.29, 0.717) is 0 Å². The molecule has 0 saturated carbocycles. The van der Waals surface area contributed by atoms with E-state index in [1.54, 1.807) is 0 Å². The molecule has 2 nitrogen and oxygen atoms in total. The third-order valence-corrected chi connectivity index (χ3v) is 1.07. The largest absolute Gasteiger partial charge is 0.389 e. The summed E-state index contributed by atoms with van der Waals surface area (Å²) >= 11 is 0. The van der Waals surface area contributed by atoms with Gasteiger partial charge >= 0.3 is 0 Å². The van der Waals surface area contributed by atoms with Gasteiger partial charge in [-0.3, -0.25) is 4.39 Å². The molecular formula is C5H12FNO. The Morgan fingerprint density at radius 1 is 1.75 bits per heavy atom. The van der Waals surface area contributed by atoms with E-state index in [4.69, 9.17) is 10.8 Å². The van der Waals surface area contributed by atoms with Crippen LogP contribution in [0.5, 0.6) is 0 Å². The predicted molar refractivity (Wildman–Crippen MR) is 30.3 cm³/mol. The van der Waals surface area contributed by atoms with E-state index < -0.39 is 12.3 Å². The normalized spacial score (nSPS) is 18.0. The van der Waals surface area contributed by atoms with Crippen LogP contribution in [0, 0.1) is 0 Å². The van der Waals surface area contributed by atoms with Gasteiger partial charge in [-0.1, -0.05) is 0 Å². The molecule has 3 N–H and O–H groups in total. The molecule has 50 valence electrons. The van der Waals surface area contributed by atoms with Gasteiger partial charge in [-0.05, 0) is 6.92 Å². The summed E-state index contributed by atoms with van der Waals surface area (Å²) in [7, 11) is 0. The lowest BCUT2D eigenvalue weighted by molar-refractivity contribution is 0.0530. The number of hydrogen-bond donors (Lipinski definition) is 2. The molecule has 0 heterocycles. The number of rotatable bonds is 3. The highest BCUT2D eigenvalue weighted by Gasteiger charge is 2.16. The van der Waals surface area contributed by atoms with Crippen molar-refractivity contribution in [3.63, 3.8) is 0 Å². The van der Waals surface area contributed by atoms with Crippen molar-refractivity contribution < 1.29 is 9.50 Å². The van der Waals surface area contributed by atoms with E-state index in [2.05, 4.69) is 0 Å². The maximum absolute atomic E-state index is 11.5. The Bertz CT molecular complexity index is 65.4. The smallest absolute Gasteiger partial charge is 0.0922 e. The van der Waals surface area contributed by atoms with Gasteiger partial charge in [0.2, 0.25) is 0 Å². The summed E-state index contributed by atoms with van der Waals surface area (Å²) in [6.07, 6.45) is 0.128. The van der Waals surface area contributed by atoms with E-state index in [0.717, 1.165) is 0 Å². The summed E-state index contributed by atoms with van der Waals surface area (Å²) < 4.78 is 11.5. The number of aliphatic hydroxyl groups is 1. The van der Waals surface area contributed by atoms with E-state index in [-0.39, 0.29) is 13.0 Å². The van der Waals surface area contributed by atoms with E-state index in [9.17, 15) is 4.39 Å². The quantitative estimate of drug-likeness (QED) is 0.554. The average Bonchev–Trinajstić information content (AvgIpc) is 1.67. The lowest BCUT2D eigenvalue weighted by Crippen LogP contribution is -2.34. The molecule has 0 aromatic rings. The minimum atomic E-state index is -1.01. The van der Waals surface area contributed by atoms with E-state index >= 15 is 0 Å². The van der Waals surface area contributed by atoms with Gasteiger partial charge in [0.1, 0.15) is 0 Å². The Balaban J connectivity index is 3.37. The Morgan fingerprint density at radius 2 is 2.25 bits per heavy atom. The Kier molecular flexibility index (Phi) is 2.94. The van der Waals surface area contributed by atoms with Gasteiger partial charge in [-0.25, -0.2) is 0 Å². The summed E-state index contributed by atoms with van der Waals surface area (Å²) in [5.41, 5.74) is 4.07. The fourth-order valence-corrected chi connectivity index (χ4v) is 0.306. The highest BCUT2D eigenvalue weighted by molar-refractivity contribution is 4.71. The van der Waals surface area contributed by atoms with Crippen LogP contribution in [-0.4, -0.2) is 23.9 Å². The van der Waals surface area contributed by atoms with Crippen molar-refractivity contribution >= 4 is 0 Å². The molecule has 0 rings (SSSR count). The lowest BCUT2D eigenvalue weighted by Gasteiger charge is -2.17.